The summed E-state index contributed by atoms with van der Waals surface area (Å²) in [5.74, 6) is -2.06. The molecule has 4 aromatic rings. The number of ether oxygens (including phenoxy) is 2. The van der Waals surface area contributed by atoms with Crippen molar-refractivity contribution in [2.24, 2.45) is 0 Å². The minimum Gasteiger partial charge on any atom is -0.480 e. The number of hydrogen-bond donors (Lipinski definition) is 2. The molecule has 2 aromatic heterocycles. The van der Waals surface area contributed by atoms with Crippen molar-refractivity contribution in [1.29, 1.82) is 0 Å². The van der Waals surface area contributed by atoms with E-state index in [0.717, 1.165) is 31.8 Å². The van der Waals surface area contributed by atoms with Gasteiger partial charge in [-0.1, -0.05) is 6.07 Å². The van der Waals surface area contributed by atoms with Crippen LogP contribution in [0.25, 0.3) is 22.0 Å². The standard InChI is InChI=1S/C27H28F2N6O5S/c1-39-25-24(41(37,38)33-23-6-4-19(28)15-21(23)29)14-18(16-31-25)17-3-5-22-20(13-17)26(36)35(27(30)32-22)8-2-7-34-9-11-40-12-10-34/h3-6,13-16,33H,2,7-12H2,1H3,(H2,30,32). The first kappa shape index (κ1) is 28.4. The molecule has 1 aliphatic heterocycles. The van der Waals surface area contributed by atoms with E-state index in [4.69, 9.17) is 15.2 Å². The third kappa shape index (κ3) is 6.14. The maximum atomic E-state index is 14.2. The number of nitrogens with two attached hydrogens (primary N) is 1. The monoisotopic (exact) mass is 586 g/mol. The van der Waals surface area contributed by atoms with Gasteiger partial charge in [0.1, 0.15) is 16.5 Å². The number of fused-ring (bicyclic) bond motifs is 1. The molecule has 14 heteroatoms. The van der Waals surface area contributed by atoms with E-state index in [-0.39, 0.29) is 22.3 Å². The summed E-state index contributed by atoms with van der Waals surface area (Å²) in [4.78, 5) is 23.8. The van der Waals surface area contributed by atoms with Gasteiger partial charge in [0.15, 0.2) is 0 Å². The van der Waals surface area contributed by atoms with Gasteiger partial charge in [-0.15, -0.1) is 0 Å². The summed E-state index contributed by atoms with van der Waals surface area (Å²) in [6.45, 7) is 4.22. The summed E-state index contributed by atoms with van der Waals surface area (Å²) in [5.41, 5.74) is 6.58. The number of halogens is 2. The van der Waals surface area contributed by atoms with Gasteiger partial charge in [0.25, 0.3) is 15.6 Å². The molecule has 0 saturated carbocycles. The molecule has 2 aromatic carbocycles. The molecule has 41 heavy (non-hydrogen) atoms. The number of nitrogen functional groups attached to an aromatic ring is 1. The number of hydrogen-bond acceptors (Lipinski definition) is 9. The van der Waals surface area contributed by atoms with Crippen LogP contribution >= 0.6 is 0 Å². The Bertz CT molecular complexity index is 1760. The molecule has 1 saturated heterocycles. The van der Waals surface area contributed by atoms with Crippen LogP contribution in [0.3, 0.4) is 0 Å². The molecule has 0 bridgehead atoms. The fourth-order valence-electron chi connectivity index (χ4n) is 4.62. The molecule has 0 amide bonds. The first-order valence-corrected chi connectivity index (χ1v) is 14.3. The van der Waals surface area contributed by atoms with Crippen molar-refractivity contribution in [1.82, 2.24) is 19.4 Å². The molecule has 216 valence electrons. The van der Waals surface area contributed by atoms with Crippen molar-refractivity contribution in [3.05, 3.63) is 70.6 Å². The van der Waals surface area contributed by atoms with Gasteiger partial charge >= 0.3 is 0 Å². The Hall–Kier alpha value is -4.14. The van der Waals surface area contributed by atoms with Crippen LogP contribution in [0, 0.1) is 11.6 Å². The van der Waals surface area contributed by atoms with E-state index >= 15 is 0 Å². The van der Waals surface area contributed by atoms with Gasteiger partial charge in [0.2, 0.25) is 11.8 Å². The Kier molecular flexibility index (Phi) is 8.15. The van der Waals surface area contributed by atoms with E-state index in [0.29, 0.717) is 54.3 Å². The number of aromatic nitrogens is 3. The summed E-state index contributed by atoms with van der Waals surface area (Å²) in [6, 6.07) is 8.63. The van der Waals surface area contributed by atoms with Crippen molar-refractivity contribution in [2.75, 3.05) is 50.4 Å². The van der Waals surface area contributed by atoms with Gasteiger partial charge in [-0.3, -0.25) is 19.0 Å². The first-order valence-electron chi connectivity index (χ1n) is 12.8. The molecule has 1 fully saturated rings. The zero-order valence-electron chi connectivity index (χ0n) is 22.1. The Morgan fingerprint density at radius 3 is 2.59 bits per heavy atom. The molecule has 3 heterocycles. The van der Waals surface area contributed by atoms with Crippen molar-refractivity contribution in [3.63, 3.8) is 0 Å². The van der Waals surface area contributed by atoms with E-state index < -0.39 is 27.3 Å². The number of nitrogens with zero attached hydrogens (tertiary/aromatic N) is 4. The maximum absolute atomic E-state index is 14.2. The minimum atomic E-state index is -4.41. The van der Waals surface area contributed by atoms with E-state index in [9.17, 15) is 22.0 Å². The van der Waals surface area contributed by atoms with Gasteiger partial charge in [-0.05, 0) is 42.3 Å². The second-order valence-corrected chi connectivity index (χ2v) is 11.1. The largest absolute Gasteiger partial charge is 0.480 e. The maximum Gasteiger partial charge on any atom is 0.267 e. The highest BCUT2D eigenvalue weighted by atomic mass is 32.2. The van der Waals surface area contributed by atoms with Crippen LogP contribution < -0.4 is 20.8 Å². The Labute approximate surface area is 234 Å². The number of pyridine rings is 1. The first-order chi connectivity index (χ1) is 19.7. The normalized spacial score (nSPS) is 14.3. The summed E-state index contributed by atoms with van der Waals surface area (Å²) in [5, 5.41) is 0.301. The zero-order valence-corrected chi connectivity index (χ0v) is 23.0. The lowest BCUT2D eigenvalue weighted by Gasteiger charge is -2.26. The molecule has 0 unspecified atom stereocenters. The van der Waals surface area contributed by atoms with Crippen molar-refractivity contribution in [3.8, 4) is 17.0 Å². The zero-order chi connectivity index (χ0) is 29.1. The summed E-state index contributed by atoms with van der Waals surface area (Å²) in [7, 11) is -3.17. The van der Waals surface area contributed by atoms with Crippen molar-refractivity contribution in [2.45, 2.75) is 17.9 Å². The van der Waals surface area contributed by atoms with Crippen LogP contribution in [0.5, 0.6) is 5.88 Å². The highest BCUT2D eigenvalue weighted by Gasteiger charge is 2.24. The molecule has 0 spiro atoms. The van der Waals surface area contributed by atoms with Crippen molar-refractivity contribution < 1.29 is 26.7 Å². The molecule has 0 aliphatic carbocycles. The van der Waals surface area contributed by atoms with Gasteiger partial charge in [-0.2, -0.15) is 0 Å². The average Bonchev–Trinajstić information content (AvgIpc) is 2.96. The lowest BCUT2D eigenvalue weighted by molar-refractivity contribution is 0.0369. The van der Waals surface area contributed by atoms with Crippen LogP contribution in [-0.2, 0) is 21.3 Å². The molecule has 3 N–H and O–H groups in total. The summed E-state index contributed by atoms with van der Waals surface area (Å²) in [6.07, 6.45) is 2.09. The predicted octanol–water partition coefficient (Wildman–Crippen LogP) is 2.85. The third-order valence-electron chi connectivity index (χ3n) is 6.75. The molecular formula is C27H28F2N6O5S. The fraction of sp³-hybridized carbons (Fsp3) is 0.296. The predicted molar refractivity (Wildman–Crippen MR) is 149 cm³/mol. The Balaban J connectivity index is 1.46. The fourth-order valence-corrected chi connectivity index (χ4v) is 5.83. The molecule has 0 radical (unpaired) electrons. The quantitative estimate of drug-likeness (QED) is 0.303. The highest BCUT2D eigenvalue weighted by Crippen LogP contribution is 2.31. The lowest BCUT2D eigenvalue weighted by atomic mass is 10.1. The van der Waals surface area contributed by atoms with Gasteiger partial charge in [-0.25, -0.2) is 27.2 Å². The van der Waals surface area contributed by atoms with E-state index in [1.54, 1.807) is 18.2 Å². The molecular weight excluding hydrogens is 558 g/mol. The number of nitrogens with one attached hydrogen (secondary N) is 1. The second-order valence-electron chi connectivity index (χ2n) is 9.43. The molecule has 0 atom stereocenters. The van der Waals surface area contributed by atoms with Crippen LogP contribution in [-0.4, -0.2) is 67.8 Å². The lowest BCUT2D eigenvalue weighted by Crippen LogP contribution is -2.37. The number of rotatable bonds is 9. The molecule has 11 nitrogen and oxygen atoms in total. The van der Waals surface area contributed by atoms with Crippen LogP contribution in [0.15, 0.2) is 58.4 Å². The Morgan fingerprint density at radius 2 is 1.85 bits per heavy atom. The Morgan fingerprint density at radius 1 is 1.07 bits per heavy atom. The van der Waals surface area contributed by atoms with Crippen molar-refractivity contribution >= 4 is 32.6 Å². The third-order valence-corrected chi connectivity index (χ3v) is 8.11. The average molecular weight is 587 g/mol. The smallest absolute Gasteiger partial charge is 0.267 e. The van der Waals surface area contributed by atoms with Crippen LogP contribution in [0.2, 0.25) is 0 Å². The number of methoxy groups -OCH3 is 1. The van der Waals surface area contributed by atoms with E-state index in [2.05, 4.69) is 19.6 Å². The number of morpholine rings is 1. The van der Waals surface area contributed by atoms with Crippen LogP contribution in [0.1, 0.15) is 6.42 Å². The minimum absolute atomic E-state index is 0.107. The number of sulfonamides is 1. The SMILES string of the molecule is COc1ncc(-c2ccc3nc(N)n(CCCN4CCOCC4)c(=O)c3c2)cc1S(=O)(=O)Nc1ccc(F)cc1F. The van der Waals surface area contributed by atoms with Gasteiger partial charge in [0, 0.05) is 44.0 Å². The highest BCUT2D eigenvalue weighted by molar-refractivity contribution is 7.92. The number of benzene rings is 2. The summed E-state index contributed by atoms with van der Waals surface area (Å²) < 4.78 is 67.9. The van der Waals surface area contributed by atoms with Gasteiger partial charge < -0.3 is 15.2 Å². The summed E-state index contributed by atoms with van der Waals surface area (Å²) >= 11 is 0. The number of anilines is 2. The molecule has 5 rings (SSSR count). The topological polar surface area (TPSA) is 142 Å². The second kappa shape index (κ2) is 11.8. The van der Waals surface area contributed by atoms with Gasteiger partial charge in [0.05, 0.1) is 36.9 Å². The van der Waals surface area contributed by atoms with E-state index in [1.807, 2.05) is 0 Å². The van der Waals surface area contributed by atoms with E-state index in [1.165, 1.54) is 23.9 Å². The molecule has 1 aliphatic rings. The van der Waals surface area contributed by atoms with Crippen LogP contribution in [0.4, 0.5) is 20.4 Å².